The van der Waals surface area contributed by atoms with Crippen LogP contribution in [-0.4, -0.2) is 11.7 Å². The van der Waals surface area contributed by atoms with Gasteiger partial charge in [0.15, 0.2) is 0 Å². The van der Waals surface area contributed by atoms with Crippen LogP contribution in [0.3, 0.4) is 0 Å². The number of amides is 1. The Labute approximate surface area is 94.9 Å². The van der Waals surface area contributed by atoms with E-state index >= 15 is 0 Å². The number of anilines is 1. The Bertz CT molecular complexity index is 408. The standard InChI is InChI=1S/C13H15NO2/c1-9(15)14-12-5-2-10(3-6-12)11-4-7-13(16)8-11/h2-3,5-6,11H,4,7-8H2,1H3,(H,14,15). The molecule has 0 aliphatic heterocycles. The van der Waals surface area contributed by atoms with Crippen LogP contribution in [0, 0.1) is 0 Å². The molecule has 1 saturated carbocycles. The van der Waals surface area contributed by atoms with Crippen LogP contribution in [0.5, 0.6) is 0 Å². The molecule has 1 aliphatic rings. The van der Waals surface area contributed by atoms with Gasteiger partial charge in [-0.2, -0.15) is 0 Å². The zero-order valence-corrected chi connectivity index (χ0v) is 9.32. The van der Waals surface area contributed by atoms with E-state index in [4.69, 9.17) is 0 Å². The normalized spacial score (nSPS) is 19.8. The molecule has 0 radical (unpaired) electrons. The smallest absolute Gasteiger partial charge is 0.221 e. The molecule has 1 aromatic carbocycles. The molecular weight excluding hydrogens is 202 g/mol. The average Bonchev–Trinajstić information content (AvgIpc) is 2.65. The fourth-order valence-electron chi connectivity index (χ4n) is 2.14. The summed E-state index contributed by atoms with van der Waals surface area (Å²) in [5.74, 6) is 0.665. The number of benzene rings is 1. The molecule has 3 heteroatoms. The van der Waals surface area contributed by atoms with E-state index in [0.29, 0.717) is 24.5 Å². The lowest BCUT2D eigenvalue weighted by molar-refractivity contribution is -0.117. The monoisotopic (exact) mass is 217 g/mol. The van der Waals surface area contributed by atoms with Crippen molar-refractivity contribution in [3.63, 3.8) is 0 Å². The molecule has 1 atom stereocenters. The Morgan fingerprint density at radius 3 is 2.50 bits per heavy atom. The van der Waals surface area contributed by atoms with Gasteiger partial charge >= 0.3 is 0 Å². The molecule has 1 aromatic rings. The zero-order chi connectivity index (χ0) is 11.5. The van der Waals surface area contributed by atoms with Gasteiger partial charge in [0.1, 0.15) is 5.78 Å². The van der Waals surface area contributed by atoms with E-state index in [0.717, 1.165) is 12.1 Å². The molecule has 0 heterocycles. The first-order valence-corrected chi connectivity index (χ1v) is 5.54. The van der Waals surface area contributed by atoms with Crippen LogP contribution in [0.2, 0.25) is 0 Å². The van der Waals surface area contributed by atoms with Gasteiger partial charge in [-0.3, -0.25) is 9.59 Å². The first-order chi connectivity index (χ1) is 7.65. The van der Waals surface area contributed by atoms with Crippen molar-refractivity contribution in [3.8, 4) is 0 Å². The van der Waals surface area contributed by atoms with Gasteiger partial charge < -0.3 is 5.32 Å². The quantitative estimate of drug-likeness (QED) is 0.827. The molecule has 1 N–H and O–H groups in total. The number of ketones is 1. The number of rotatable bonds is 2. The molecule has 0 aromatic heterocycles. The highest BCUT2D eigenvalue weighted by molar-refractivity contribution is 5.88. The van der Waals surface area contributed by atoms with Crippen LogP contribution in [0.1, 0.15) is 37.7 Å². The van der Waals surface area contributed by atoms with Crippen molar-refractivity contribution in [1.82, 2.24) is 0 Å². The lowest BCUT2D eigenvalue weighted by Gasteiger charge is -2.09. The second kappa shape index (κ2) is 4.47. The van der Waals surface area contributed by atoms with E-state index in [2.05, 4.69) is 5.32 Å². The third-order valence-corrected chi connectivity index (χ3v) is 2.95. The van der Waals surface area contributed by atoms with Crippen molar-refractivity contribution < 1.29 is 9.59 Å². The summed E-state index contributed by atoms with van der Waals surface area (Å²) in [4.78, 5) is 22.0. The summed E-state index contributed by atoms with van der Waals surface area (Å²) < 4.78 is 0. The lowest BCUT2D eigenvalue weighted by atomic mass is 9.97. The largest absolute Gasteiger partial charge is 0.326 e. The summed E-state index contributed by atoms with van der Waals surface area (Å²) in [5.41, 5.74) is 2.00. The number of hydrogen-bond acceptors (Lipinski definition) is 2. The number of carbonyl (C=O) groups is 2. The number of hydrogen-bond donors (Lipinski definition) is 1. The summed E-state index contributed by atoms with van der Waals surface area (Å²) in [6, 6.07) is 7.77. The second-order valence-electron chi connectivity index (χ2n) is 4.28. The highest BCUT2D eigenvalue weighted by Crippen LogP contribution is 2.32. The second-order valence-corrected chi connectivity index (χ2v) is 4.28. The van der Waals surface area contributed by atoms with Gasteiger partial charge in [-0.15, -0.1) is 0 Å². The fraction of sp³-hybridized carbons (Fsp3) is 0.385. The molecule has 16 heavy (non-hydrogen) atoms. The van der Waals surface area contributed by atoms with Crippen molar-refractivity contribution in [1.29, 1.82) is 0 Å². The molecule has 1 unspecified atom stereocenters. The van der Waals surface area contributed by atoms with Crippen LogP contribution >= 0.6 is 0 Å². The van der Waals surface area contributed by atoms with Crippen molar-refractivity contribution in [2.75, 3.05) is 5.32 Å². The predicted molar refractivity (Wildman–Crippen MR) is 62.3 cm³/mol. The molecule has 1 amide bonds. The predicted octanol–water partition coefficient (Wildman–Crippen LogP) is 2.48. The van der Waals surface area contributed by atoms with Crippen molar-refractivity contribution >= 4 is 17.4 Å². The van der Waals surface area contributed by atoms with Gasteiger partial charge in [0, 0.05) is 25.5 Å². The number of Topliss-reactive ketones (excluding diaryl/α,β-unsaturated/α-hetero) is 1. The summed E-state index contributed by atoms with van der Waals surface area (Å²) in [5, 5.41) is 2.73. The van der Waals surface area contributed by atoms with Crippen LogP contribution in [0.4, 0.5) is 5.69 Å². The van der Waals surface area contributed by atoms with Gasteiger partial charge in [0.05, 0.1) is 0 Å². The first-order valence-electron chi connectivity index (χ1n) is 5.54. The Kier molecular flexibility index (Phi) is 3.04. The Hall–Kier alpha value is -1.64. The van der Waals surface area contributed by atoms with Crippen LogP contribution in [-0.2, 0) is 9.59 Å². The van der Waals surface area contributed by atoms with Crippen LogP contribution < -0.4 is 5.32 Å². The third-order valence-electron chi connectivity index (χ3n) is 2.95. The van der Waals surface area contributed by atoms with E-state index in [-0.39, 0.29) is 5.91 Å². The van der Waals surface area contributed by atoms with Gasteiger partial charge in [-0.1, -0.05) is 12.1 Å². The van der Waals surface area contributed by atoms with Crippen molar-refractivity contribution in [3.05, 3.63) is 29.8 Å². The van der Waals surface area contributed by atoms with Crippen molar-refractivity contribution in [2.24, 2.45) is 0 Å². The minimum Gasteiger partial charge on any atom is -0.326 e. The Balaban J connectivity index is 2.07. The summed E-state index contributed by atoms with van der Waals surface area (Å²) >= 11 is 0. The van der Waals surface area contributed by atoms with Crippen LogP contribution in [0.25, 0.3) is 0 Å². The van der Waals surface area contributed by atoms with E-state index in [1.165, 1.54) is 12.5 Å². The van der Waals surface area contributed by atoms with E-state index in [1.807, 2.05) is 24.3 Å². The molecular formula is C13H15NO2. The topological polar surface area (TPSA) is 46.2 Å². The number of carbonyl (C=O) groups excluding carboxylic acids is 2. The van der Waals surface area contributed by atoms with E-state index in [1.54, 1.807) is 0 Å². The van der Waals surface area contributed by atoms with Gasteiger partial charge in [0.2, 0.25) is 5.91 Å². The highest BCUT2D eigenvalue weighted by atomic mass is 16.1. The minimum absolute atomic E-state index is 0.0659. The summed E-state index contributed by atoms with van der Waals surface area (Å²) in [7, 11) is 0. The fourth-order valence-corrected chi connectivity index (χ4v) is 2.14. The highest BCUT2D eigenvalue weighted by Gasteiger charge is 2.23. The maximum Gasteiger partial charge on any atom is 0.221 e. The molecule has 0 bridgehead atoms. The van der Waals surface area contributed by atoms with Gasteiger partial charge in [-0.25, -0.2) is 0 Å². The van der Waals surface area contributed by atoms with E-state index in [9.17, 15) is 9.59 Å². The average molecular weight is 217 g/mol. The molecule has 1 aliphatic carbocycles. The maximum absolute atomic E-state index is 11.2. The molecule has 0 saturated heterocycles. The SMILES string of the molecule is CC(=O)Nc1ccc(C2CCC(=O)C2)cc1. The molecule has 2 rings (SSSR count). The Morgan fingerprint density at radius 1 is 1.31 bits per heavy atom. The van der Waals surface area contributed by atoms with Crippen molar-refractivity contribution in [2.45, 2.75) is 32.1 Å². The maximum atomic E-state index is 11.2. The Morgan fingerprint density at radius 2 is 2.00 bits per heavy atom. The zero-order valence-electron chi connectivity index (χ0n) is 9.32. The van der Waals surface area contributed by atoms with Gasteiger partial charge in [-0.05, 0) is 30.0 Å². The third kappa shape index (κ3) is 2.48. The summed E-state index contributed by atoms with van der Waals surface area (Å²) in [6.07, 6.45) is 2.33. The van der Waals surface area contributed by atoms with Crippen LogP contribution in [0.15, 0.2) is 24.3 Å². The molecule has 84 valence electrons. The molecule has 1 fully saturated rings. The first kappa shape index (κ1) is 10.9. The van der Waals surface area contributed by atoms with E-state index < -0.39 is 0 Å². The lowest BCUT2D eigenvalue weighted by Crippen LogP contribution is -2.05. The molecule has 0 spiro atoms. The minimum atomic E-state index is -0.0659. The summed E-state index contributed by atoms with van der Waals surface area (Å²) in [6.45, 7) is 1.49. The number of nitrogens with one attached hydrogen (secondary N) is 1. The molecule has 3 nitrogen and oxygen atoms in total. The van der Waals surface area contributed by atoms with Gasteiger partial charge in [0.25, 0.3) is 0 Å².